The van der Waals surface area contributed by atoms with E-state index in [-0.39, 0.29) is 19.6 Å². The number of carboxylic acids is 1. The van der Waals surface area contributed by atoms with Crippen LogP contribution >= 0.6 is 0 Å². The number of fused-ring (bicyclic) bond motifs is 1. The van der Waals surface area contributed by atoms with Crippen molar-refractivity contribution in [2.75, 3.05) is 19.8 Å². The minimum atomic E-state index is -1.23. The molecule has 2 heterocycles. The molecule has 0 aliphatic carbocycles. The fourth-order valence-corrected chi connectivity index (χ4v) is 3.16. The van der Waals surface area contributed by atoms with Gasteiger partial charge in [0.1, 0.15) is 30.3 Å². The van der Waals surface area contributed by atoms with Crippen molar-refractivity contribution in [1.29, 1.82) is 0 Å². The number of rotatable bonds is 8. The van der Waals surface area contributed by atoms with Gasteiger partial charge in [-0.15, -0.1) is 0 Å². The number of carbonyl (C=O) groups excluding carboxylic acids is 1. The summed E-state index contributed by atoms with van der Waals surface area (Å²) in [7, 11) is 0. The molecule has 2 fully saturated rings. The van der Waals surface area contributed by atoms with Gasteiger partial charge in [-0.2, -0.15) is 0 Å². The highest BCUT2D eigenvalue weighted by Gasteiger charge is 2.50. The van der Waals surface area contributed by atoms with E-state index in [0.717, 1.165) is 12.8 Å². The average molecular weight is 390 g/mol. The molecule has 0 aromatic heterocycles. The van der Waals surface area contributed by atoms with E-state index < -0.39 is 55.2 Å². The van der Waals surface area contributed by atoms with E-state index in [1.165, 1.54) is 0 Å². The maximum atomic E-state index is 12.1. The first-order valence-corrected chi connectivity index (χ1v) is 9.43. The van der Waals surface area contributed by atoms with E-state index in [4.69, 9.17) is 24.1 Å². The average Bonchev–Trinajstić information content (AvgIpc) is 2.84. The van der Waals surface area contributed by atoms with Crippen LogP contribution < -0.4 is 0 Å². The molecule has 156 valence electrons. The summed E-state index contributed by atoms with van der Waals surface area (Å²) >= 11 is 0. The summed E-state index contributed by atoms with van der Waals surface area (Å²) in [6.45, 7) is 3.42. The number of aliphatic carboxylic acids is 1. The van der Waals surface area contributed by atoms with Crippen LogP contribution in [0.1, 0.15) is 39.5 Å². The van der Waals surface area contributed by atoms with E-state index in [0.29, 0.717) is 12.3 Å². The van der Waals surface area contributed by atoms with Gasteiger partial charge in [-0.3, -0.25) is 9.59 Å². The number of unbranched alkanes of at least 4 members (excludes halogenated alkanes) is 1. The Morgan fingerprint density at radius 2 is 1.81 bits per heavy atom. The molecule has 0 unspecified atom stereocenters. The summed E-state index contributed by atoms with van der Waals surface area (Å²) < 4.78 is 21.9. The Kier molecular flexibility index (Phi) is 8.43. The van der Waals surface area contributed by atoms with Gasteiger partial charge in [0.2, 0.25) is 6.29 Å². The fraction of sp³-hybridized carbons (Fsp3) is 0.889. The Bertz CT molecular complexity index is 495. The topological polar surface area (TPSA) is 132 Å². The van der Waals surface area contributed by atoms with Crippen LogP contribution in [-0.4, -0.2) is 77.8 Å². The van der Waals surface area contributed by atoms with Gasteiger partial charge in [0.05, 0.1) is 19.8 Å². The van der Waals surface area contributed by atoms with Crippen LogP contribution in [0.5, 0.6) is 0 Å². The van der Waals surface area contributed by atoms with Crippen molar-refractivity contribution in [2.24, 2.45) is 11.8 Å². The zero-order valence-corrected chi connectivity index (χ0v) is 15.8. The van der Waals surface area contributed by atoms with Gasteiger partial charge in [0.25, 0.3) is 0 Å². The number of hydrogen-bond donors (Lipinski definition) is 3. The summed E-state index contributed by atoms with van der Waals surface area (Å²) in [5, 5.41) is 28.9. The zero-order valence-electron chi connectivity index (χ0n) is 15.8. The van der Waals surface area contributed by atoms with Gasteiger partial charge in [-0.05, 0) is 12.3 Å². The van der Waals surface area contributed by atoms with Crippen LogP contribution in [0.15, 0.2) is 0 Å². The number of hydrogen-bond acceptors (Lipinski definition) is 8. The van der Waals surface area contributed by atoms with Crippen LogP contribution in [-0.2, 0) is 28.5 Å². The Morgan fingerprint density at radius 3 is 2.41 bits per heavy atom. The highest BCUT2D eigenvalue weighted by Crippen LogP contribution is 2.30. The lowest BCUT2D eigenvalue weighted by molar-refractivity contribution is -0.301. The number of ether oxygens (including phenoxy) is 4. The molecular weight excluding hydrogens is 360 g/mol. The highest BCUT2D eigenvalue weighted by atomic mass is 16.7. The molecule has 0 bridgehead atoms. The van der Waals surface area contributed by atoms with Crippen molar-refractivity contribution in [3.05, 3.63) is 0 Å². The van der Waals surface area contributed by atoms with E-state index in [1.807, 2.05) is 0 Å². The molecule has 27 heavy (non-hydrogen) atoms. The van der Waals surface area contributed by atoms with Gasteiger partial charge in [-0.25, -0.2) is 0 Å². The predicted molar refractivity (Wildman–Crippen MR) is 91.8 cm³/mol. The third-order valence-corrected chi connectivity index (χ3v) is 4.79. The summed E-state index contributed by atoms with van der Waals surface area (Å²) in [5.74, 6) is -1.89. The molecule has 3 N–H and O–H groups in total. The summed E-state index contributed by atoms with van der Waals surface area (Å²) in [5.41, 5.74) is 0. The molecule has 2 aliphatic heterocycles. The number of aliphatic hydroxyl groups is 2. The molecule has 0 saturated carbocycles. The quantitative estimate of drug-likeness (QED) is 0.396. The third kappa shape index (κ3) is 6.11. The first-order chi connectivity index (χ1) is 12.8. The van der Waals surface area contributed by atoms with Crippen molar-refractivity contribution < 1.29 is 43.9 Å². The van der Waals surface area contributed by atoms with Crippen LogP contribution in [0, 0.1) is 11.8 Å². The highest BCUT2D eigenvalue weighted by molar-refractivity contribution is 5.70. The minimum Gasteiger partial charge on any atom is -0.481 e. The molecule has 0 aromatic rings. The number of esters is 1. The second-order valence-electron chi connectivity index (χ2n) is 7.48. The molecule has 6 atom stereocenters. The van der Waals surface area contributed by atoms with Gasteiger partial charge >= 0.3 is 11.9 Å². The monoisotopic (exact) mass is 390 g/mol. The maximum Gasteiger partial charge on any atom is 0.311 e. The Morgan fingerprint density at radius 1 is 1.15 bits per heavy atom. The molecule has 9 heteroatoms. The minimum absolute atomic E-state index is 0.151. The number of carboxylic acid groups (broad SMARTS) is 1. The summed E-state index contributed by atoms with van der Waals surface area (Å²) in [4.78, 5) is 23.3. The lowest BCUT2D eigenvalue weighted by Crippen LogP contribution is -2.60. The Labute approximate surface area is 158 Å². The van der Waals surface area contributed by atoms with Gasteiger partial charge in [-0.1, -0.05) is 26.7 Å². The second kappa shape index (κ2) is 10.3. The van der Waals surface area contributed by atoms with Crippen LogP contribution in [0.2, 0.25) is 0 Å². The van der Waals surface area contributed by atoms with Crippen LogP contribution in [0.3, 0.4) is 0 Å². The third-order valence-electron chi connectivity index (χ3n) is 4.79. The van der Waals surface area contributed by atoms with Crippen molar-refractivity contribution in [1.82, 2.24) is 0 Å². The normalized spacial score (nSPS) is 34.0. The van der Waals surface area contributed by atoms with Gasteiger partial charge < -0.3 is 34.3 Å². The van der Waals surface area contributed by atoms with Crippen LogP contribution in [0.25, 0.3) is 0 Å². The largest absolute Gasteiger partial charge is 0.481 e. The lowest BCUT2D eigenvalue weighted by atomic mass is 9.99. The summed E-state index contributed by atoms with van der Waals surface area (Å²) in [6, 6.07) is 0. The van der Waals surface area contributed by atoms with Crippen molar-refractivity contribution in [3.63, 3.8) is 0 Å². The number of aliphatic hydroxyl groups excluding tert-OH is 2. The molecule has 9 nitrogen and oxygen atoms in total. The van der Waals surface area contributed by atoms with Gasteiger partial charge in [0, 0.05) is 6.42 Å². The summed E-state index contributed by atoms with van der Waals surface area (Å²) in [6.07, 6.45) is -2.53. The molecule has 2 rings (SSSR count). The lowest BCUT2D eigenvalue weighted by Gasteiger charge is -2.42. The first-order valence-electron chi connectivity index (χ1n) is 9.43. The van der Waals surface area contributed by atoms with E-state index in [9.17, 15) is 19.8 Å². The first kappa shape index (κ1) is 22.0. The Balaban J connectivity index is 1.98. The molecule has 2 aliphatic rings. The molecule has 2 saturated heterocycles. The molecule has 0 spiro atoms. The van der Waals surface area contributed by atoms with Crippen molar-refractivity contribution in [3.8, 4) is 0 Å². The van der Waals surface area contributed by atoms with Gasteiger partial charge in [0.15, 0.2) is 0 Å². The molecule has 0 aromatic carbocycles. The molecular formula is C18H30O9. The predicted octanol–water partition coefficient (Wildman–Crippen LogP) is 0.309. The molecule has 0 amide bonds. The van der Waals surface area contributed by atoms with Crippen LogP contribution in [0.4, 0.5) is 0 Å². The maximum absolute atomic E-state index is 12.1. The van der Waals surface area contributed by atoms with Crippen molar-refractivity contribution in [2.45, 2.75) is 70.2 Å². The van der Waals surface area contributed by atoms with E-state index in [2.05, 4.69) is 13.8 Å². The standard InChI is InChI=1S/C18H30O9/c1-10(2)5-3-4-6-13(20)27-18-16-15(14(21)12(7-19)26-18)24-8-11(9-25-16)17(22)23/h10-12,14-16,18-19,21H,3-9H2,1-2H3,(H,22,23)/t11-,12-,14+,15+,16-,18-/m0/s1. The Hall–Kier alpha value is -1.26. The van der Waals surface area contributed by atoms with E-state index in [1.54, 1.807) is 0 Å². The SMILES string of the molecule is CC(C)CCCCC(=O)O[C@@H]1O[C@@H](CO)[C@@H](O)[C@H]2OC[C@H](C(=O)O)CO[C@H]12. The fourth-order valence-electron chi connectivity index (χ4n) is 3.16. The zero-order chi connectivity index (χ0) is 20.0. The second-order valence-corrected chi connectivity index (χ2v) is 7.48. The smallest absolute Gasteiger partial charge is 0.311 e. The number of carbonyl (C=O) groups is 2. The van der Waals surface area contributed by atoms with Crippen molar-refractivity contribution >= 4 is 11.9 Å². The van der Waals surface area contributed by atoms with E-state index >= 15 is 0 Å². The molecule has 0 radical (unpaired) electrons.